The Morgan fingerprint density at radius 2 is 1.43 bits per heavy atom. The summed E-state index contributed by atoms with van der Waals surface area (Å²) in [5.74, 6) is -0.135. The third-order valence-corrected chi connectivity index (χ3v) is 5.59. The molecule has 0 spiro atoms. The van der Waals surface area contributed by atoms with Gasteiger partial charge in [-0.3, -0.25) is 4.79 Å². The Labute approximate surface area is 174 Å². The maximum atomic E-state index is 12.1. The smallest absolute Gasteiger partial charge is 0.187 e. The van der Waals surface area contributed by atoms with Crippen molar-refractivity contribution in [3.05, 3.63) is 0 Å². The van der Waals surface area contributed by atoms with Crippen LogP contribution in [0.4, 0.5) is 0 Å². The van der Waals surface area contributed by atoms with Crippen LogP contribution in [0.1, 0.15) is 39.0 Å². The van der Waals surface area contributed by atoms with Crippen LogP contribution in [-0.2, 0) is 19.0 Å². The highest BCUT2D eigenvalue weighted by atomic mass is 16.7. The first-order valence-corrected chi connectivity index (χ1v) is 10.3. The Kier molecular flexibility index (Phi) is 10.0. The fourth-order valence-electron chi connectivity index (χ4n) is 3.73. The van der Waals surface area contributed by atoms with Crippen molar-refractivity contribution < 1.29 is 54.8 Å². The lowest BCUT2D eigenvalue weighted by Crippen LogP contribution is -2.64. The number of hydrogen-bond donors (Lipinski definition) is 7. The zero-order chi connectivity index (χ0) is 22.4. The largest absolute Gasteiger partial charge is 0.394 e. The first-order valence-electron chi connectivity index (χ1n) is 10.3. The van der Waals surface area contributed by atoms with Crippen molar-refractivity contribution in [1.82, 2.24) is 0 Å². The molecule has 2 aliphatic heterocycles. The van der Waals surface area contributed by atoms with Crippen LogP contribution in [-0.4, -0.2) is 116 Å². The van der Waals surface area contributed by atoms with E-state index in [2.05, 4.69) is 0 Å². The Morgan fingerprint density at radius 3 is 2.03 bits per heavy atom. The molecule has 0 bridgehead atoms. The van der Waals surface area contributed by atoms with Gasteiger partial charge in [-0.15, -0.1) is 0 Å². The van der Waals surface area contributed by atoms with Crippen molar-refractivity contribution in [2.75, 3.05) is 13.2 Å². The number of aliphatic hydroxyl groups is 7. The Bertz CT molecular complexity index is 529. The lowest BCUT2D eigenvalue weighted by molar-refractivity contribution is -0.341. The van der Waals surface area contributed by atoms with Crippen LogP contribution in [0, 0.1) is 0 Å². The van der Waals surface area contributed by atoms with E-state index in [0.29, 0.717) is 12.8 Å². The third-order valence-electron chi connectivity index (χ3n) is 5.59. The van der Waals surface area contributed by atoms with E-state index in [0.717, 1.165) is 12.8 Å². The quantitative estimate of drug-likeness (QED) is 0.175. The van der Waals surface area contributed by atoms with Gasteiger partial charge in [0.2, 0.25) is 0 Å². The van der Waals surface area contributed by atoms with Crippen LogP contribution in [0.3, 0.4) is 0 Å². The molecule has 2 saturated heterocycles. The van der Waals surface area contributed by atoms with Gasteiger partial charge in [0.25, 0.3) is 0 Å². The van der Waals surface area contributed by atoms with Crippen molar-refractivity contribution in [3.8, 4) is 0 Å². The zero-order valence-electron chi connectivity index (χ0n) is 17.0. The molecule has 0 aliphatic carbocycles. The predicted molar refractivity (Wildman–Crippen MR) is 100 cm³/mol. The second kappa shape index (κ2) is 11.8. The summed E-state index contributed by atoms with van der Waals surface area (Å²) in [5, 5.41) is 69.7. The normalized spacial score (nSPS) is 42.3. The van der Waals surface area contributed by atoms with Crippen LogP contribution >= 0.6 is 0 Å². The van der Waals surface area contributed by atoms with Gasteiger partial charge in [0.15, 0.2) is 6.29 Å². The molecule has 7 N–H and O–H groups in total. The highest BCUT2D eigenvalue weighted by Crippen LogP contribution is 2.30. The summed E-state index contributed by atoms with van der Waals surface area (Å²) in [6.07, 6.45) is -11.7. The average molecular weight is 438 g/mol. The average Bonchev–Trinajstić information content (AvgIpc) is 2.73. The molecule has 0 unspecified atom stereocenters. The number of carbonyl (C=O) groups is 1. The molecule has 11 nitrogen and oxygen atoms in total. The minimum Gasteiger partial charge on any atom is -0.394 e. The lowest BCUT2D eigenvalue weighted by Gasteiger charge is -2.46. The molecule has 176 valence electrons. The maximum absolute atomic E-state index is 12.1. The van der Waals surface area contributed by atoms with E-state index in [1.165, 1.54) is 0 Å². The maximum Gasteiger partial charge on any atom is 0.187 e. The van der Waals surface area contributed by atoms with E-state index in [9.17, 15) is 40.5 Å². The number of ether oxygens (including phenoxy) is 3. The zero-order valence-corrected chi connectivity index (χ0v) is 17.0. The molecule has 2 rings (SSSR count). The SMILES string of the molecule is CCCCCC(=O)C[C@@H]1O[C@H](CO)[C@@H](O[C@@H]2O[C@H](CO)[C@H](O)[C@H](O)[C@H]2O)[C@H](O)[C@H]1O. The van der Waals surface area contributed by atoms with E-state index in [1.807, 2.05) is 6.92 Å². The first kappa shape index (κ1) is 25.5. The second-order valence-corrected chi connectivity index (χ2v) is 7.87. The molecule has 0 saturated carbocycles. The fraction of sp³-hybridized carbons (Fsp3) is 0.947. The van der Waals surface area contributed by atoms with Crippen LogP contribution in [0.25, 0.3) is 0 Å². The number of hydrogen-bond acceptors (Lipinski definition) is 11. The number of carbonyl (C=O) groups excluding carboxylic acids is 1. The molecule has 0 aromatic heterocycles. The summed E-state index contributed by atoms with van der Waals surface area (Å²) in [7, 11) is 0. The van der Waals surface area contributed by atoms with Gasteiger partial charge < -0.3 is 50.0 Å². The monoisotopic (exact) mass is 438 g/mol. The van der Waals surface area contributed by atoms with Gasteiger partial charge in [0.05, 0.1) is 19.3 Å². The van der Waals surface area contributed by atoms with E-state index in [1.54, 1.807) is 0 Å². The minimum atomic E-state index is -1.72. The molecule has 10 atom stereocenters. The van der Waals surface area contributed by atoms with Crippen LogP contribution < -0.4 is 0 Å². The number of rotatable bonds is 10. The van der Waals surface area contributed by atoms with E-state index in [4.69, 9.17) is 14.2 Å². The van der Waals surface area contributed by atoms with Crippen molar-refractivity contribution in [3.63, 3.8) is 0 Å². The highest BCUT2D eigenvalue weighted by molar-refractivity contribution is 5.78. The molecule has 2 aliphatic rings. The van der Waals surface area contributed by atoms with E-state index >= 15 is 0 Å². The van der Waals surface area contributed by atoms with Crippen molar-refractivity contribution in [2.45, 2.75) is 100 Å². The van der Waals surface area contributed by atoms with Crippen LogP contribution in [0.2, 0.25) is 0 Å². The van der Waals surface area contributed by atoms with Gasteiger partial charge in [-0.05, 0) is 6.42 Å². The third kappa shape index (κ3) is 5.94. The molecule has 11 heteroatoms. The first-order chi connectivity index (χ1) is 14.2. The number of aliphatic hydroxyl groups excluding tert-OH is 7. The summed E-state index contributed by atoms with van der Waals surface area (Å²) >= 11 is 0. The summed E-state index contributed by atoms with van der Waals surface area (Å²) in [4.78, 5) is 12.1. The predicted octanol–water partition coefficient (Wildman–Crippen LogP) is -2.81. The van der Waals surface area contributed by atoms with Gasteiger partial charge in [-0.2, -0.15) is 0 Å². The summed E-state index contributed by atoms with van der Waals surface area (Å²) < 4.78 is 16.3. The molecule has 0 radical (unpaired) electrons. The highest BCUT2D eigenvalue weighted by Gasteiger charge is 2.50. The van der Waals surface area contributed by atoms with Crippen LogP contribution in [0.15, 0.2) is 0 Å². The summed E-state index contributed by atoms with van der Waals surface area (Å²) in [6.45, 7) is 0.728. The number of ketones is 1. The fourth-order valence-corrected chi connectivity index (χ4v) is 3.73. The molecular formula is C19H34O11. The Morgan fingerprint density at radius 1 is 0.800 bits per heavy atom. The Hall–Kier alpha value is -0.730. The van der Waals surface area contributed by atoms with Crippen molar-refractivity contribution in [1.29, 1.82) is 0 Å². The van der Waals surface area contributed by atoms with Gasteiger partial charge in [-0.25, -0.2) is 0 Å². The van der Waals surface area contributed by atoms with E-state index < -0.39 is 74.4 Å². The molecule has 2 fully saturated rings. The summed E-state index contributed by atoms with van der Waals surface area (Å²) in [5.41, 5.74) is 0. The molecule has 0 aromatic rings. The summed E-state index contributed by atoms with van der Waals surface area (Å²) in [6, 6.07) is 0. The molecular weight excluding hydrogens is 404 g/mol. The Balaban J connectivity index is 2.03. The standard InChI is InChI=1S/C19H34O11/c1-2-3-4-5-9(22)6-10-13(23)16(26)18(12(8-21)28-10)30-19-17(27)15(25)14(24)11(7-20)29-19/h10-21,23-27H,2-8H2,1H3/t10-,11+,12+,13-,14-,15-,16+,17+,18+,19-/m0/s1. The number of unbranched alkanes of at least 4 members (excludes halogenated alkanes) is 2. The minimum absolute atomic E-state index is 0.134. The topological polar surface area (TPSA) is 186 Å². The second-order valence-electron chi connectivity index (χ2n) is 7.87. The van der Waals surface area contributed by atoms with Crippen molar-refractivity contribution >= 4 is 5.78 Å². The van der Waals surface area contributed by atoms with Gasteiger partial charge in [0.1, 0.15) is 54.6 Å². The molecule has 0 amide bonds. The van der Waals surface area contributed by atoms with Gasteiger partial charge in [0, 0.05) is 12.8 Å². The lowest BCUT2D eigenvalue weighted by atomic mass is 9.91. The van der Waals surface area contributed by atoms with Crippen LogP contribution in [0.5, 0.6) is 0 Å². The van der Waals surface area contributed by atoms with Gasteiger partial charge >= 0.3 is 0 Å². The number of Topliss-reactive ketones (excluding diaryl/α,β-unsaturated/α-hetero) is 1. The van der Waals surface area contributed by atoms with E-state index in [-0.39, 0.29) is 12.2 Å². The molecule has 2 heterocycles. The van der Waals surface area contributed by atoms with Crippen molar-refractivity contribution in [2.24, 2.45) is 0 Å². The van der Waals surface area contributed by atoms with Gasteiger partial charge in [-0.1, -0.05) is 19.8 Å². The molecule has 0 aromatic carbocycles. The molecule has 30 heavy (non-hydrogen) atoms.